The van der Waals surface area contributed by atoms with Gasteiger partial charge in [0.1, 0.15) is 17.3 Å². The van der Waals surface area contributed by atoms with E-state index in [-0.39, 0.29) is 42.7 Å². The number of ether oxygens (including phenoxy) is 2. The second kappa shape index (κ2) is 14.2. The van der Waals surface area contributed by atoms with E-state index in [2.05, 4.69) is 14.8 Å². The van der Waals surface area contributed by atoms with Crippen molar-refractivity contribution in [1.82, 2.24) is 19.3 Å². The average molecular weight is 699 g/mol. The standard InChI is InChI=1S/C14H11ClFNO4.C11H10Cl2F2N4O3S/c1-8(14(18)19)20-10-2-4-11(5-3-10)21-13-12(16)6-9(15)7-17-13;1-5-16-19(11(20)18(5)10(14)15)9-4-8(17-23(2,21)22)6(12)3-7(9)13/h2-8H,1H3,(H,18,19);3-4,10,17H,1-2H3/t8-;/m1./s1. The molecule has 0 radical (unpaired) electrons. The van der Waals surface area contributed by atoms with Gasteiger partial charge in [-0.15, -0.1) is 5.10 Å². The van der Waals surface area contributed by atoms with E-state index >= 15 is 0 Å². The van der Waals surface area contributed by atoms with Crippen LogP contribution in [0.5, 0.6) is 17.4 Å². The molecule has 12 nitrogen and oxygen atoms in total. The van der Waals surface area contributed by atoms with Crippen molar-refractivity contribution < 1.29 is 41.0 Å². The average Bonchev–Trinajstić information content (AvgIpc) is 3.21. The number of nitrogens with one attached hydrogen (secondary N) is 1. The molecule has 44 heavy (non-hydrogen) atoms. The van der Waals surface area contributed by atoms with Crippen LogP contribution in [0.4, 0.5) is 18.9 Å². The molecular weight excluding hydrogens is 678 g/mol. The molecule has 2 N–H and O–H groups in total. The number of benzene rings is 2. The van der Waals surface area contributed by atoms with Gasteiger partial charge in [-0.2, -0.15) is 13.5 Å². The molecule has 4 rings (SSSR count). The number of hydrogen-bond donors (Lipinski definition) is 2. The smallest absolute Gasteiger partial charge is 0.355 e. The molecule has 0 aliphatic carbocycles. The number of pyridine rings is 1. The van der Waals surface area contributed by atoms with Crippen LogP contribution in [0.2, 0.25) is 15.1 Å². The molecule has 236 valence electrons. The van der Waals surface area contributed by atoms with Crippen LogP contribution in [0, 0.1) is 12.7 Å². The predicted molar refractivity (Wildman–Crippen MR) is 156 cm³/mol. The minimum absolute atomic E-state index is 0.0257. The fourth-order valence-electron chi connectivity index (χ4n) is 3.27. The fraction of sp³-hybridized carbons (Fsp3) is 0.200. The van der Waals surface area contributed by atoms with Crippen LogP contribution in [-0.4, -0.2) is 51.2 Å². The van der Waals surface area contributed by atoms with Gasteiger partial charge >= 0.3 is 18.2 Å². The summed E-state index contributed by atoms with van der Waals surface area (Å²) in [6.45, 7) is -0.431. The maximum absolute atomic E-state index is 13.5. The molecular formula is C25H21Cl3F3N5O7S. The summed E-state index contributed by atoms with van der Waals surface area (Å²) in [6, 6.07) is 9.46. The van der Waals surface area contributed by atoms with Crippen molar-refractivity contribution in [2.75, 3.05) is 11.0 Å². The Morgan fingerprint density at radius 3 is 2.20 bits per heavy atom. The molecule has 0 aliphatic rings. The topological polar surface area (TPSA) is 155 Å². The first-order valence-corrected chi connectivity index (χ1v) is 14.9. The summed E-state index contributed by atoms with van der Waals surface area (Å²) < 4.78 is 75.2. The van der Waals surface area contributed by atoms with Crippen LogP contribution in [0.15, 0.2) is 53.5 Å². The molecule has 19 heteroatoms. The first-order chi connectivity index (χ1) is 20.5. The van der Waals surface area contributed by atoms with Crippen LogP contribution in [0.25, 0.3) is 5.69 Å². The molecule has 0 fully saturated rings. The van der Waals surface area contributed by atoms with Crippen molar-refractivity contribution in [3.8, 4) is 23.1 Å². The number of rotatable bonds is 9. The van der Waals surface area contributed by atoms with Crippen molar-refractivity contribution in [1.29, 1.82) is 0 Å². The molecule has 2 heterocycles. The normalized spacial score (nSPS) is 11.9. The lowest BCUT2D eigenvalue weighted by Gasteiger charge is -2.11. The van der Waals surface area contributed by atoms with E-state index in [4.69, 9.17) is 49.4 Å². The first-order valence-electron chi connectivity index (χ1n) is 11.9. The highest BCUT2D eigenvalue weighted by atomic mass is 35.5. The van der Waals surface area contributed by atoms with Gasteiger partial charge in [-0.1, -0.05) is 34.8 Å². The van der Waals surface area contributed by atoms with E-state index in [0.717, 1.165) is 18.4 Å². The van der Waals surface area contributed by atoms with E-state index in [1.807, 2.05) is 0 Å². The number of aryl methyl sites for hydroxylation is 1. The molecule has 0 unspecified atom stereocenters. The Morgan fingerprint density at radius 2 is 1.68 bits per heavy atom. The number of anilines is 1. The molecule has 0 saturated carbocycles. The van der Waals surface area contributed by atoms with Crippen LogP contribution >= 0.6 is 34.8 Å². The lowest BCUT2D eigenvalue weighted by molar-refractivity contribution is -0.144. The first kappa shape index (κ1) is 34.5. The quantitative estimate of drug-likeness (QED) is 0.216. The molecule has 0 aliphatic heterocycles. The lowest BCUT2D eigenvalue weighted by atomic mass is 10.3. The van der Waals surface area contributed by atoms with Gasteiger partial charge in [0, 0.05) is 6.20 Å². The second-order valence-electron chi connectivity index (χ2n) is 8.66. The number of sulfonamides is 1. The Morgan fingerprint density at radius 1 is 1.07 bits per heavy atom. The minimum Gasteiger partial charge on any atom is -0.479 e. The van der Waals surface area contributed by atoms with Gasteiger partial charge in [0.25, 0.3) is 5.88 Å². The fourth-order valence-corrected chi connectivity index (χ4v) is 4.54. The molecule has 4 aromatic rings. The monoisotopic (exact) mass is 697 g/mol. The number of halogens is 6. The highest BCUT2D eigenvalue weighted by Crippen LogP contribution is 2.32. The molecule has 0 saturated heterocycles. The van der Waals surface area contributed by atoms with Gasteiger partial charge in [-0.05, 0) is 56.3 Å². The zero-order chi connectivity index (χ0) is 32.9. The van der Waals surface area contributed by atoms with Gasteiger partial charge < -0.3 is 14.6 Å². The summed E-state index contributed by atoms with van der Waals surface area (Å²) in [5.41, 5.74) is -1.27. The third-order valence-electron chi connectivity index (χ3n) is 5.21. The summed E-state index contributed by atoms with van der Waals surface area (Å²) >= 11 is 17.4. The van der Waals surface area contributed by atoms with Crippen molar-refractivity contribution in [3.63, 3.8) is 0 Å². The molecule has 0 spiro atoms. The van der Waals surface area contributed by atoms with Crippen LogP contribution in [0.1, 0.15) is 19.3 Å². The van der Waals surface area contributed by atoms with Gasteiger partial charge in [-0.3, -0.25) is 4.72 Å². The van der Waals surface area contributed by atoms with Crippen LogP contribution in [-0.2, 0) is 14.8 Å². The van der Waals surface area contributed by atoms with Crippen molar-refractivity contribution >= 4 is 56.5 Å². The number of alkyl halides is 2. The van der Waals surface area contributed by atoms with Gasteiger partial charge in [0.15, 0.2) is 11.9 Å². The largest absolute Gasteiger partial charge is 0.479 e. The Kier molecular flexibility index (Phi) is 11.1. The molecule has 0 amide bonds. The zero-order valence-electron chi connectivity index (χ0n) is 22.6. The number of hydrogen-bond acceptors (Lipinski definition) is 8. The van der Waals surface area contributed by atoms with E-state index in [1.54, 1.807) is 0 Å². The third kappa shape index (κ3) is 9.01. The summed E-state index contributed by atoms with van der Waals surface area (Å²) in [5.74, 6) is -1.48. The molecule has 2 aromatic heterocycles. The maximum Gasteiger partial charge on any atom is 0.355 e. The summed E-state index contributed by atoms with van der Waals surface area (Å²) in [7, 11) is -3.65. The minimum atomic E-state index is -3.65. The van der Waals surface area contributed by atoms with Gasteiger partial charge in [0.2, 0.25) is 10.0 Å². The summed E-state index contributed by atoms with van der Waals surface area (Å²) in [6.07, 6.45) is 1.21. The highest BCUT2D eigenvalue weighted by molar-refractivity contribution is 7.92. The lowest BCUT2D eigenvalue weighted by Crippen LogP contribution is -2.25. The van der Waals surface area contributed by atoms with E-state index in [1.165, 1.54) is 50.4 Å². The van der Waals surface area contributed by atoms with Crippen molar-refractivity contribution in [2.24, 2.45) is 0 Å². The zero-order valence-corrected chi connectivity index (χ0v) is 25.7. The highest BCUT2D eigenvalue weighted by Gasteiger charge is 2.21. The molecule has 2 aromatic carbocycles. The third-order valence-corrected chi connectivity index (χ3v) is 6.62. The second-order valence-corrected chi connectivity index (χ2v) is 11.7. The number of aliphatic carboxylic acids is 1. The molecule has 1 atom stereocenters. The number of carboxylic acid groups (broad SMARTS) is 1. The Bertz CT molecular complexity index is 1840. The Balaban J connectivity index is 0.000000241. The number of aromatic nitrogens is 4. The van der Waals surface area contributed by atoms with Crippen LogP contribution < -0.4 is 19.9 Å². The van der Waals surface area contributed by atoms with E-state index in [0.29, 0.717) is 16.2 Å². The molecule has 0 bridgehead atoms. The summed E-state index contributed by atoms with van der Waals surface area (Å²) in [5, 5.41) is 12.5. The van der Waals surface area contributed by atoms with E-state index < -0.39 is 40.2 Å². The Hall–Kier alpha value is -3.99. The van der Waals surface area contributed by atoms with Gasteiger partial charge in [0.05, 0.1) is 32.7 Å². The van der Waals surface area contributed by atoms with Gasteiger partial charge in [-0.25, -0.2) is 31.9 Å². The van der Waals surface area contributed by atoms with Crippen molar-refractivity contribution in [3.05, 3.63) is 85.9 Å². The number of carboxylic acids is 1. The van der Waals surface area contributed by atoms with Crippen molar-refractivity contribution in [2.45, 2.75) is 26.5 Å². The van der Waals surface area contributed by atoms with E-state index in [9.17, 15) is 31.2 Å². The summed E-state index contributed by atoms with van der Waals surface area (Å²) in [4.78, 5) is 26.4. The van der Waals surface area contributed by atoms with Crippen LogP contribution in [0.3, 0.4) is 0 Å². The predicted octanol–water partition coefficient (Wildman–Crippen LogP) is 5.93. The Labute approximate surface area is 262 Å². The maximum atomic E-state index is 13.5. The number of carbonyl (C=O) groups is 1. The SMILES string of the molecule is C[C@@H](Oc1ccc(Oc2ncc(Cl)cc2F)cc1)C(=O)O.Cc1nn(-c2cc(NS(C)(=O)=O)c(Cl)cc2Cl)c(=O)n1C(F)F. The number of nitrogens with zero attached hydrogens (tertiary/aromatic N) is 4.